The molecule has 1 aliphatic carbocycles. The Morgan fingerprint density at radius 3 is 2.62 bits per heavy atom. The summed E-state index contributed by atoms with van der Waals surface area (Å²) in [4.78, 5) is 27.1. The van der Waals surface area contributed by atoms with Gasteiger partial charge in [-0.3, -0.25) is 9.59 Å². The van der Waals surface area contributed by atoms with Gasteiger partial charge in [0.1, 0.15) is 5.76 Å². The Balaban J connectivity index is 1.49. The zero-order chi connectivity index (χ0) is 18.5. The molecule has 1 atom stereocenters. The molecule has 3 rings (SSSR count). The van der Waals surface area contributed by atoms with Crippen LogP contribution in [0, 0.1) is 19.8 Å². The molecule has 144 valence electrons. The van der Waals surface area contributed by atoms with Crippen molar-refractivity contribution in [3.8, 4) is 0 Å². The van der Waals surface area contributed by atoms with Crippen LogP contribution in [0.1, 0.15) is 68.4 Å². The summed E-state index contributed by atoms with van der Waals surface area (Å²) in [5.74, 6) is 0.993. The summed E-state index contributed by atoms with van der Waals surface area (Å²) in [7, 11) is 0. The van der Waals surface area contributed by atoms with Crippen molar-refractivity contribution in [2.24, 2.45) is 5.92 Å². The number of hydrogen-bond donors (Lipinski definition) is 1. The van der Waals surface area contributed by atoms with E-state index in [9.17, 15) is 9.59 Å². The van der Waals surface area contributed by atoms with Crippen LogP contribution in [-0.4, -0.2) is 41.0 Å². The van der Waals surface area contributed by atoms with E-state index in [-0.39, 0.29) is 17.7 Å². The normalized spacial score (nSPS) is 21.6. The van der Waals surface area contributed by atoms with E-state index in [0.29, 0.717) is 25.4 Å². The van der Waals surface area contributed by atoms with E-state index in [4.69, 9.17) is 4.52 Å². The highest BCUT2D eigenvalue weighted by atomic mass is 16.5. The molecule has 26 heavy (non-hydrogen) atoms. The van der Waals surface area contributed by atoms with Crippen molar-refractivity contribution in [3.05, 3.63) is 17.0 Å². The molecule has 2 heterocycles. The summed E-state index contributed by atoms with van der Waals surface area (Å²) in [5.41, 5.74) is 1.89. The van der Waals surface area contributed by atoms with Gasteiger partial charge in [-0.15, -0.1) is 0 Å². The highest BCUT2D eigenvalue weighted by molar-refractivity contribution is 5.81. The molecule has 1 aromatic heterocycles. The minimum Gasteiger partial charge on any atom is -0.361 e. The molecule has 1 N–H and O–H groups in total. The Labute approximate surface area is 155 Å². The summed E-state index contributed by atoms with van der Waals surface area (Å²) in [6, 6.07) is 0.335. The van der Waals surface area contributed by atoms with Crippen molar-refractivity contribution >= 4 is 11.8 Å². The van der Waals surface area contributed by atoms with Gasteiger partial charge in [-0.2, -0.15) is 0 Å². The number of carbonyl (C=O) groups is 2. The lowest BCUT2D eigenvalue weighted by atomic mass is 9.93. The molecule has 2 fully saturated rings. The second kappa shape index (κ2) is 8.69. The van der Waals surface area contributed by atoms with Crippen LogP contribution >= 0.6 is 0 Å². The highest BCUT2D eigenvalue weighted by Gasteiger charge is 2.29. The molecule has 0 radical (unpaired) electrons. The maximum absolute atomic E-state index is 12.6. The fourth-order valence-electron chi connectivity index (χ4n) is 4.23. The predicted octanol–water partition coefficient (Wildman–Crippen LogP) is 2.91. The summed E-state index contributed by atoms with van der Waals surface area (Å²) in [6.07, 6.45) is 8.77. The van der Waals surface area contributed by atoms with Crippen molar-refractivity contribution < 1.29 is 14.1 Å². The molecule has 1 aliphatic heterocycles. The van der Waals surface area contributed by atoms with Gasteiger partial charge in [0.15, 0.2) is 0 Å². The number of rotatable bonds is 5. The Hall–Kier alpha value is -1.85. The predicted molar refractivity (Wildman–Crippen MR) is 98.6 cm³/mol. The van der Waals surface area contributed by atoms with Crippen molar-refractivity contribution in [2.45, 2.75) is 77.7 Å². The number of amides is 2. The molecule has 1 saturated carbocycles. The maximum atomic E-state index is 12.6. The quantitative estimate of drug-likeness (QED) is 0.875. The fraction of sp³-hybridized carbons (Fsp3) is 0.750. The number of carbonyl (C=O) groups excluding carboxylic acids is 2. The number of aromatic nitrogens is 1. The van der Waals surface area contributed by atoms with E-state index in [2.05, 4.69) is 10.5 Å². The summed E-state index contributed by atoms with van der Waals surface area (Å²) in [5, 5.41) is 7.16. The van der Waals surface area contributed by atoms with Crippen LogP contribution in [0.3, 0.4) is 0 Å². The van der Waals surface area contributed by atoms with Gasteiger partial charge in [-0.1, -0.05) is 24.4 Å². The molecule has 0 aromatic carbocycles. The number of nitrogens with one attached hydrogen (secondary N) is 1. The number of nitrogens with zero attached hydrogens (tertiary/aromatic N) is 2. The lowest BCUT2D eigenvalue weighted by Gasteiger charge is -2.33. The average molecular weight is 361 g/mol. The first-order valence-corrected chi connectivity index (χ1v) is 10.0. The largest absolute Gasteiger partial charge is 0.361 e. The lowest BCUT2D eigenvalue weighted by molar-refractivity contribution is -0.136. The van der Waals surface area contributed by atoms with Gasteiger partial charge in [0, 0.05) is 31.1 Å². The van der Waals surface area contributed by atoms with Crippen LogP contribution < -0.4 is 5.32 Å². The van der Waals surface area contributed by atoms with Crippen molar-refractivity contribution in [2.75, 3.05) is 13.1 Å². The van der Waals surface area contributed by atoms with Gasteiger partial charge in [0.05, 0.1) is 11.6 Å². The van der Waals surface area contributed by atoms with E-state index < -0.39 is 0 Å². The van der Waals surface area contributed by atoms with Crippen LogP contribution in [-0.2, 0) is 16.0 Å². The van der Waals surface area contributed by atoms with Crippen molar-refractivity contribution in [1.29, 1.82) is 0 Å². The summed E-state index contributed by atoms with van der Waals surface area (Å²) in [6.45, 7) is 5.10. The monoisotopic (exact) mass is 361 g/mol. The minimum absolute atomic E-state index is 0.0614. The molecule has 0 bridgehead atoms. The Morgan fingerprint density at radius 1 is 1.15 bits per heavy atom. The average Bonchev–Trinajstić information content (AvgIpc) is 2.98. The van der Waals surface area contributed by atoms with E-state index in [1.807, 2.05) is 18.7 Å². The third kappa shape index (κ3) is 4.65. The first-order valence-electron chi connectivity index (χ1n) is 10.0. The number of likely N-dealkylation sites (tertiary alicyclic amines) is 1. The second-order valence-electron chi connectivity index (χ2n) is 7.83. The molecule has 6 nitrogen and oxygen atoms in total. The maximum Gasteiger partial charge on any atom is 0.225 e. The Bertz CT molecular complexity index is 615. The van der Waals surface area contributed by atoms with E-state index in [1.54, 1.807) is 0 Å². The van der Waals surface area contributed by atoms with Gasteiger partial charge < -0.3 is 14.7 Å². The third-order valence-electron chi connectivity index (χ3n) is 5.87. The molecule has 1 aromatic rings. The molecule has 0 unspecified atom stereocenters. The second-order valence-corrected chi connectivity index (χ2v) is 7.83. The number of piperidine rings is 1. The number of hydrogen-bond acceptors (Lipinski definition) is 4. The van der Waals surface area contributed by atoms with Gasteiger partial charge in [-0.25, -0.2) is 0 Å². The molecule has 0 spiro atoms. The summed E-state index contributed by atoms with van der Waals surface area (Å²) < 4.78 is 5.17. The standard InChI is InChI=1S/C20H31N3O3/c1-14-18(15(2)26-22-14)10-11-19(24)23-12-6-7-16(13-23)20(25)21-17-8-4-3-5-9-17/h16-17H,3-13H2,1-2H3,(H,21,25)/t16-/m1/s1. The third-order valence-corrected chi connectivity index (χ3v) is 5.87. The Kier molecular flexibility index (Phi) is 6.33. The van der Waals surface area contributed by atoms with Crippen LogP contribution in [0.25, 0.3) is 0 Å². The highest BCUT2D eigenvalue weighted by Crippen LogP contribution is 2.22. The van der Waals surface area contributed by atoms with Gasteiger partial charge in [-0.05, 0) is 46.0 Å². The first-order chi connectivity index (χ1) is 12.5. The molecule has 2 aliphatic rings. The van der Waals surface area contributed by atoms with Crippen LogP contribution in [0.5, 0.6) is 0 Å². The van der Waals surface area contributed by atoms with Crippen LogP contribution in [0.4, 0.5) is 0 Å². The van der Waals surface area contributed by atoms with Gasteiger partial charge in [0.25, 0.3) is 0 Å². The van der Waals surface area contributed by atoms with E-state index in [1.165, 1.54) is 19.3 Å². The topological polar surface area (TPSA) is 75.4 Å². The van der Waals surface area contributed by atoms with Gasteiger partial charge >= 0.3 is 0 Å². The SMILES string of the molecule is Cc1noc(C)c1CCC(=O)N1CCC[C@@H](C(=O)NC2CCCCC2)C1. The Morgan fingerprint density at radius 2 is 1.92 bits per heavy atom. The molecule has 1 saturated heterocycles. The molecular weight excluding hydrogens is 330 g/mol. The zero-order valence-corrected chi connectivity index (χ0v) is 16.1. The van der Waals surface area contributed by atoms with Crippen LogP contribution in [0.2, 0.25) is 0 Å². The zero-order valence-electron chi connectivity index (χ0n) is 16.1. The van der Waals surface area contributed by atoms with Crippen molar-refractivity contribution in [1.82, 2.24) is 15.4 Å². The summed E-state index contributed by atoms with van der Waals surface area (Å²) >= 11 is 0. The molecular formula is C20H31N3O3. The van der Waals surface area contributed by atoms with E-state index >= 15 is 0 Å². The molecule has 6 heteroatoms. The fourth-order valence-corrected chi connectivity index (χ4v) is 4.23. The minimum atomic E-state index is -0.0614. The lowest BCUT2D eigenvalue weighted by Crippen LogP contribution is -2.48. The first kappa shape index (κ1) is 18.9. The molecule has 2 amide bonds. The number of aryl methyl sites for hydroxylation is 2. The van der Waals surface area contributed by atoms with Crippen molar-refractivity contribution in [3.63, 3.8) is 0 Å². The van der Waals surface area contributed by atoms with Crippen LogP contribution in [0.15, 0.2) is 4.52 Å². The van der Waals surface area contributed by atoms with Gasteiger partial charge in [0.2, 0.25) is 11.8 Å². The van der Waals surface area contributed by atoms with E-state index in [0.717, 1.165) is 49.2 Å². The smallest absolute Gasteiger partial charge is 0.225 e.